The topological polar surface area (TPSA) is 58.6 Å². The van der Waals surface area contributed by atoms with E-state index in [0.29, 0.717) is 12.5 Å². The summed E-state index contributed by atoms with van der Waals surface area (Å²) in [6.45, 7) is 7.69. The van der Waals surface area contributed by atoms with Crippen LogP contribution in [0.15, 0.2) is 0 Å². The number of likely N-dealkylation sites (tertiary alicyclic amines) is 1. The molecule has 2 aliphatic heterocycles. The number of nitrogens with zero attached hydrogens (tertiary/aromatic N) is 1. The molecule has 2 fully saturated rings. The summed E-state index contributed by atoms with van der Waals surface area (Å²) >= 11 is 0. The minimum Gasteiger partial charge on any atom is -0.377 e. The zero-order valence-corrected chi connectivity index (χ0v) is 12.1. The lowest BCUT2D eigenvalue weighted by molar-refractivity contribution is 0.127. The molecule has 0 spiro atoms. The number of likely N-dealkylation sites (N-methyl/N-ethyl adjacent to an activating group) is 1. The molecule has 18 heavy (non-hydrogen) atoms. The molecule has 1 N–H and O–H groups in total. The molecule has 2 saturated heterocycles. The smallest absolute Gasteiger partial charge is 0.214 e. The zero-order valence-electron chi connectivity index (χ0n) is 11.3. The van der Waals surface area contributed by atoms with Crippen LogP contribution in [0.25, 0.3) is 0 Å². The number of nitrogens with one attached hydrogen (secondary N) is 1. The molecule has 0 aliphatic carbocycles. The second-order valence-corrected chi connectivity index (χ2v) is 7.27. The fraction of sp³-hybridized carbons (Fsp3) is 1.00. The van der Waals surface area contributed by atoms with Gasteiger partial charge in [-0.3, -0.25) is 0 Å². The van der Waals surface area contributed by atoms with Gasteiger partial charge in [-0.1, -0.05) is 13.8 Å². The molecule has 0 amide bonds. The monoisotopic (exact) mass is 276 g/mol. The lowest BCUT2D eigenvalue weighted by atomic mass is 10.1. The third-order valence-corrected chi connectivity index (χ3v) is 5.37. The number of ether oxygens (including phenoxy) is 1. The summed E-state index contributed by atoms with van der Waals surface area (Å²) in [6, 6.07) is 0.0522. The van der Waals surface area contributed by atoms with E-state index in [1.807, 2.05) is 0 Å². The lowest BCUT2D eigenvalue weighted by Crippen LogP contribution is -2.42. The highest BCUT2D eigenvalue weighted by Gasteiger charge is 2.33. The first-order valence-corrected chi connectivity index (χ1v) is 8.49. The third kappa shape index (κ3) is 3.66. The van der Waals surface area contributed by atoms with Crippen LogP contribution >= 0.6 is 0 Å². The first kappa shape index (κ1) is 14.2. The summed E-state index contributed by atoms with van der Waals surface area (Å²) in [4.78, 5) is 2.28. The van der Waals surface area contributed by atoms with Gasteiger partial charge >= 0.3 is 0 Å². The van der Waals surface area contributed by atoms with E-state index in [2.05, 4.69) is 23.5 Å². The van der Waals surface area contributed by atoms with E-state index in [0.717, 1.165) is 32.5 Å². The first-order chi connectivity index (χ1) is 8.50. The SMILES string of the molecule is CCN1C[C@H](C)[C@H](NS(=O)(=O)C[C@H]2CCCO2)C1. The van der Waals surface area contributed by atoms with Gasteiger partial charge in [0.1, 0.15) is 0 Å². The fourth-order valence-electron chi connectivity index (χ4n) is 2.78. The van der Waals surface area contributed by atoms with Crippen LogP contribution in [0, 0.1) is 5.92 Å². The summed E-state index contributed by atoms with van der Waals surface area (Å²) in [5, 5.41) is 0. The van der Waals surface area contributed by atoms with Crippen molar-refractivity contribution in [3.05, 3.63) is 0 Å². The van der Waals surface area contributed by atoms with Crippen molar-refractivity contribution in [2.45, 2.75) is 38.8 Å². The highest BCUT2D eigenvalue weighted by atomic mass is 32.2. The maximum Gasteiger partial charge on any atom is 0.214 e. The Kier molecular flexibility index (Phi) is 4.64. The molecule has 0 aromatic heterocycles. The quantitative estimate of drug-likeness (QED) is 0.791. The first-order valence-electron chi connectivity index (χ1n) is 6.84. The number of sulfonamides is 1. The average Bonchev–Trinajstić information content (AvgIpc) is 2.88. The van der Waals surface area contributed by atoms with Gasteiger partial charge in [0.15, 0.2) is 0 Å². The van der Waals surface area contributed by atoms with E-state index in [9.17, 15) is 8.42 Å². The average molecular weight is 276 g/mol. The maximum absolute atomic E-state index is 12.1. The number of hydrogen-bond donors (Lipinski definition) is 1. The van der Waals surface area contributed by atoms with Gasteiger partial charge in [-0.25, -0.2) is 13.1 Å². The van der Waals surface area contributed by atoms with Gasteiger partial charge in [0, 0.05) is 25.7 Å². The van der Waals surface area contributed by atoms with Gasteiger partial charge in [-0.2, -0.15) is 0 Å². The molecule has 0 aromatic carbocycles. The number of rotatable bonds is 5. The molecule has 3 atom stereocenters. The summed E-state index contributed by atoms with van der Waals surface area (Å²) in [5.41, 5.74) is 0. The van der Waals surface area contributed by atoms with Gasteiger partial charge in [0.2, 0.25) is 10.0 Å². The van der Waals surface area contributed by atoms with Crippen molar-refractivity contribution in [3.8, 4) is 0 Å². The van der Waals surface area contributed by atoms with Crippen molar-refractivity contribution in [2.75, 3.05) is 32.0 Å². The third-order valence-electron chi connectivity index (χ3n) is 3.90. The van der Waals surface area contributed by atoms with Crippen LogP contribution in [0.5, 0.6) is 0 Å². The molecular formula is C12H24N2O3S. The highest BCUT2D eigenvalue weighted by molar-refractivity contribution is 7.89. The van der Waals surface area contributed by atoms with Crippen molar-refractivity contribution in [1.29, 1.82) is 0 Å². The van der Waals surface area contributed by atoms with Crippen molar-refractivity contribution < 1.29 is 13.2 Å². The van der Waals surface area contributed by atoms with Crippen LogP contribution in [0.2, 0.25) is 0 Å². The lowest BCUT2D eigenvalue weighted by Gasteiger charge is -2.18. The van der Waals surface area contributed by atoms with Gasteiger partial charge in [0.05, 0.1) is 11.9 Å². The van der Waals surface area contributed by atoms with Crippen molar-refractivity contribution in [2.24, 2.45) is 5.92 Å². The Morgan fingerprint density at radius 3 is 2.72 bits per heavy atom. The Labute approximate surface area is 110 Å². The van der Waals surface area contributed by atoms with Crippen molar-refractivity contribution >= 4 is 10.0 Å². The molecule has 0 unspecified atom stereocenters. The summed E-state index contributed by atoms with van der Waals surface area (Å²) in [7, 11) is -3.21. The molecule has 0 bridgehead atoms. The Balaban J connectivity index is 1.87. The second kappa shape index (κ2) is 5.86. The van der Waals surface area contributed by atoms with E-state index in [1.165, 1.54) is 0 Å². The van der Waals surface area contributed by atoms with Crippen LogP contribution < -0.4 is 4.72 Å². The predicted molar refractivity (Wildman–Crippen MR) is 71.0 cm³/mol. The standard InChI is InChI=1S/C12H24N2O3S/c1-3-14-7-10(2)12(8-14)13-18(15,16)9-11-5-4-6-17-11/h10-13H,3-9H2,1-2H3/t10-,11+,12+/m0/s1. The van der Waals surface area contributed by atoms with Gasteiger partial charge in [-0.15, -0.1) is 0 Å². The Hall–Kier alpha value is -0.170. The van der Waals surface area contributed by atoms with E-state index in [4.69, 9.17) is 4.74 Å². The molecule has 2 rings (SSSR count). The fourth-order valence-corrected chi connectivity index (χ4v) is 4.39. The van der Waals surface area contributed by atoms with Crippen molar-refractivity contribution in [1.82, 2.24) is 9.62 Å². The maximum atomic E-state index is 12.1. The molecule has 2 aliphatic rings. The van der Waals surface area contributed by atoms with E-state index < -0.39 is 10.0 Å². The second-order valence-electron chi connectivity index (χ2n) is 5.47. The summed E-state index contributed by atoms with van der Waals surface area (Å²) in [5.74, 6) is 0.492. The predicted octanol–water partition coefficient (Wildman–Crippen LogP) is 0.425. The van der Waals surface area contributed by atoms with Crippen LogP contribution in [-0.4, -0.2) is 57.5 Å². The molecule has 0 saturated carbocycles. The van der Waals surface area contributed by atoms with Crippen LogP contribution in [0.1, 0.15) is 26.7 Å². The normalized spacial score (nSPS) is 34.2. The van der Waals surface area contributed by atoms with Crippen LogP contribution in [0.4, 0.5) is 0 Å². The molecule has 106 valence electrons. The largest absolute Gasteiger partial charge is 0.377 e. The molecule has 5 nitrogen and oxygen atoms in total. The minimum atomic E-state index is -3.21. The zero-order chi connectivity index (χ0) is 13.2. The summed E-state index contributed by atoms with van der Waals surface area (Å²) < 4.78 is 32.4. The minimum absolute atomic E-state index is 0.0522. The highest BCUT2D eigenvalue weighted by Crippen LogP contribution is 2.18. The molecule has 0 radical (unpaired) electrons. The number of hydrogen-bond acceptors (Lipinski definition) is 4. The van der Waals surface area contributed by atoms with Gasteiger partial charge in [0.25, 0.3) is 0 Å². The Morgan fingerprint density at radius 1 is 1.39 bits per heavy atom. The summed E-state index contributed by atoms with van der Waals surface area (Å²) in [6.07, 6.45) is 1.73. The molecular weight excluding hydrogens is 252 g/mol. The van der Waals surface area contributed by atoms with Crippen molar-refractivity contribution in [3.63, 3.8) is 0 Å². The molecule has 6 heteroatoms. The van der Waals surface area contributed by atoms with E-state index in [1.54, 1.807) is 0 Å². The Bertz CT molecular complexity index is 366. The van der Waals surface area contributed by atoms with Crippen LogP contribution in [0.3, 0.4) is 0 Å². The van der Waals surface area contributed by atoms with E-state index >= 15 is 0 Å². The van der Waals surface area contributed by atoms with Gasteiger partial charge < -0.3 is 9.64 Å². The van der Waals surface area contributed by atoms with E-state index in [-0.39, 0.29) is 17.9 Å². The Morgan fingerprint density at radius 2 is 2.17 bits per heavy atom. The molecule has 2 heterocycles. The van der Waals surface area contributed by atoms with Gasteiger partial charge in [-0.05, 0) is 25.3 Å². The molecule has 0 aromatic rings. The van der Waals surface area contributed by atoms with Crippen LogP contribution in [-0.2, 0) is 14.8 Å².